The zero-order valence-electron chi connectivity index (χ0n) is 4.59. The minimum absolute atomic E-state index is 1.51. The molecule has 2 nitrogen and oxygen atoms in total. The lowest BCUT2D eigenvalue weighted by Crippen LogP contribution is -1.61. The molecule has 0 saturated heterocycles. The molecule has 0 heterocycles. The first-order valence-electron chi connectivity index (χ1n) is 2.07. The number of methoxy groups -OCH3 is 1. The van der Waals surface area contributed by atoms with Gasteiger partial charge in [-0.05, 0) is 6.92 Å². The van der Waals surface area contributed by atoms with Crippen molar-refractivity contribution in [3.63, 3.8) is 0 Å². The van der Waals surface area contributed by atoms with Gasteiger partial charge in [0.2, 0.25) is 0 Å². The monoisotopic (exact) mass is 99.1 g/mol. The highest BCUT2D eigenvalue weighted by Crippen LogP contribution is 1.70. The Hall–Kier alpha value is -0.790. The van der Waals surface area contributed by atoms with E-state index in [0.717, 1.165) is 0 Å². The largest absolute Gasteiger partial charge is 0.503 e. The van der Waals surface area contributed by atoms with E-state index in [-0.39, 0.29) is 0 Å². The van der Waals surface area contributed by atoms with Gasteiger partial charge in [0.1, 0.15) is 6.26 Å². The minimum Gasteiger partial charge on any atom is -0.503 e. The van der Waals surface area contributed by atoms with Gasteiger partial charge in [0, 0.05) is 6.21 Å². The van der Waals surface area contributed by atoms with Gasteiger partial charge in [-0.25, -0.2) is 0 Å². The Morgan fingerprint density at radius 2 is 2.29 bits per heavy atom. The summed E-state index contributed by atoms with van der Waals surface area (Å²) in [6.45, 7) is 1.85. The van der Waals surface area contributed by atoms with Crippen LogP contribution >= 0.6 is 0 Å². The topological polar surface area (TPSA) is 21.6 Å². The molecule has 0 fully saturated rings. The summed E-state index contributed by atoms with van der Waals surface area (Å²) >= 11 is 0. The second-order valence-electron chi connectivity index (χ2n) is 0.928. The number of aliphatic imine (C=N–C) groups is 1. The van der Waals surface area contributed by atoms with Crippen LogP contribution in [0.25, 0.3) is 0 Å². The highest BCUT2D eigenvalue weighted by atomic mass is 16.5. The quantitative estimate of drug-likeness (QED) is 0.376. The third-order valence-corrected chi connectivity index (χ3v) is 0.432. The van der Waals surface area contributed by atoms with Gasteiger partial charge in [-0.1, -0.05) is 0 Å². The van der Waals surface area contributed by atoms with Crippen molar-refractivity contribution >= 4 is 6.21 Å². The number of rotatable bonds is 2. The van der Waals surface area contributed by atoms with E-state index in [1.165, 1.54) is 6.26 Å². The van der Waals surface area contributed by atoms with Crippen molar-refractivity contribution in [1.82, 2.24) is 0 Å². The van der Waals surface area contributed by atoms with E-state index in [9.17, 15) is 0 Å². The molecule has 0 aromatic rings. The Labute approximate surface area is 43.5 Å². The van der Waals surface area contributed by atoms with E-state index in [2.05, 4.69) is 9.73 Å². The molecule has 0 saturated carbocycles. The Kier molecular flexibility index (Phi) is 4.62. The zero-order valence-corrected chi connectivity index (χ0v) is 4.59. The van der Waals surface area contributed by atoms with Crippen LogP contribution in [0.15, 0.2) is 17.5 Å². The third kappa shape index (κ3) is 5.21. The van der Waals surface area contributed by atoms with E-state index >= 15 is 0 Å². The molecule has 0 unspecified atom stereocenters. The first-order valence-corrected chi connectivity index (χ1v) is 2.07. The molecule has 7 heavy (non-hydrogen) atoms. The molecule has 0 spiro atoms. The van der Waals surface area contributed by atoms with Crippen molar-refractivity contribution in [3.8, 4) is 0 Å². The fraction of sp³-hybridized carbons (Fsp3) is 0.400. The molecule has 0 aromatic carbocycles. The number of hydrogen-bond donors (Lipinski definition) is 0. The van der Waals surface area contributed by atoms with E-state index in [1.807, 2.05) is 6.92 Å². The van der Waals surface area contributed by atoms with E-state index in [4.69, 9.17) is 0 Å². The minimum atomic E-state index is 1.51. The molecule has 0 rings (SSSR count). The summed E-state index contributed by atoms with van der Waals surface area (Å²) in [6, 6.07) is 0. The summed E-state index contributed by atoms with van der Waals surface area (Å²) in [5.41, 5.74) is 0. The summed E-state index contributed by atoms with van der Waals surface area (Å²) in [7, 11) is 1.58. The Morgan fingerprint density at radius 1 is 1.57 bits per heavy atom. The van der Waals surface area contributed by atoms with Crippen LogP contribution in [0.2, 0.25) is 0 Å². The maximum Gasteiger partial charge on any atom is 0.101 e. The average molecular weight is 99.1 g/mol. The molecule has 0 N–H and O–H groups in total. The number of ether oxygens (including phenoxy) is 1. The average Bonchev–Trinajstić information content (AvgIpc) is 1.69. The van der Waals surface area contributed by atoms with Gasteiger partial charge in [-0.2, -0.15) is 0 Å². The van der Waals surface area contributed by atoms with Crippen LogP contribution in [0.5, 0.6) is 0 Å². The first kappa shape index (κ1) is 6.21. The molecular weight excluding hydrogens is 90.1 g/mol. The summed E-state index contributed by atoms with van der Waals surface area (Å²) in [5.74, 6) is 0. The lowest BCUT2D eigenvalue weighted by Gasteiger charge is -1.78. The highest BCUT2D eigenvalue weighted by molar-refractivity contribution is 5.54. The van der Waals surface area contributed by atoms with Crippen molar-refractivity contribution in [1.29, 1.82) is 0 Å². The Balaban J connectivity index is 3.09. The standard InChI is InChI=1S/C5H9NO/c1-3-6-4-5-7-2/h3-5H,1-2H3. The van der Waals surface area contributed by atoms with E-state index < -0.39 is 0 Å². The fourth-order valence-corrected chi connectivity index (χ4v) is 0.182. The Bertz CT molecular complexity index is 76.1. The maximum absolute atomic E-state index is 4.55. The molecule has 0 aliphatic heterocycles. The van der Waals surface area contributed by atoms with Crippen LogP contribution in [-0.2, 0) is 4.74 Å². The van der Waals surface area contributed by atoms with Gasteiger partial charge in [0.05, 0.1) is 13.3 Å². The summed E-state index contributed by atoms with van der Waals surface area (Å²) in [4.78, 5) is 3.73. The lowest BCUT2D eigenvalue weighted by atomic mass is 10.8. The molecule has 0 bridgehead atoms. The van der Waals surface area contributed by atoms with E-state index in [0.29, 0.717) is 0 Å². The SMILES string of the molecule is CC=NC=COC. The van der Waals surface area contributed by atoms with Crippen LogP contribution in [0.4, 0.5) is 0 Å². The van der Waals surface area contributed by atoms with Crippen LogP contribution in [0.3, 0.4) is 0 Å². The van der Waals surface area contributed by atoms with Crippen molar-refractivity contribution in [2.45, 2.75) is 6.92 Å². The molecule has 0 radical (unpaired) electrons. The van der Waals surface area contributed by atoms with Gasteiger partial charge < -0.3 is 4.74 Å². The van der Waals surface area contributed by atoms with Crippen molar-refractivity contribution in [2.24, 2.45) is 4.99 Å². The summed E-state index contributed by atoms with van der Waals surface area (Å²) in [5, 5.41) is 0. The molecular formula is C5H9NO. The van der Waals surface area contributed by atoms with Crippen LogP contribution < -0.4 is 0 Å². The normalized spacial score (nSPS) is 11.1. The first-order chi connectivity index (χ1) is 3.41. The molecule has 2 heteroatoms. The third-order valence-electron chi connectivity index (χ3n) is 0.432. The fourth-order valence-electron chi connectivity index (χ4n) is 0.182. The van der Waals surface area contributed by atoms with Crippen LogP contribution in [-0.4, -0.2) is 13.3 Å². The summed E-state index contributed by atoms with van der Waals surface area (Å²) < 4.78 is 4.55. The molecule has 0 aromatic heterocycles. The molecule has 0 amide bonds. The molecule has 0 aliphatic carbocycles. The second-order valence-corrected chi connectivity index (χ2v) is 0.928. The molecule has 40 valence electrons. The van der Waals surface area contributed by atoms with Crippen molar-refractivity contribution in [2.75, 3.05) is 7.11 Å². The predicted octanol–water partition coefficient (Wildman–Crippen LogP) is 1.19. The van der Waals surface area contributed by atoms with E-state index in [1.54, 1.807) is 19.5 Å². The van der Waals surface area contributed by atoms with Gasteiger partial charge in [-0.15, -0.1) is 0 Å². The number of nitrogens with zero attached hydrogens (tertiary/aromatic N) is 1. The lowest BCUT2D eigenvalue weighted by molar-refractivity contribution is 0.337. The van der Waals surface area contributed by atoms with Gasteiger partial charge in [0.15, 0.2) is 0 Å². The van der Waals surface area contributed by atoms with Crippen LogP contribution in [0, 0.1) is 0 Å². The highest BCUT2D eigenvalue weighted by Gasteiger charge is 1.55. The predicted molar refractivity (Wildman–Crippen MR) is 30.3 cm³/mol. The van der Waals surface area contributed by atoms with Gasteiger partial charge >= 0.3 is 0 Å². The molecule has 0 atom stereocenters. The smallest absolute Gasteiger partial charge is 0.101 e. The summed E-state index contributed by atoms with van der Waals surface area (Å²) in [6.07, 6.45) is 4.79. The van der Waals surface area contributed by atoms with Crippen LogP contribution in [0.1, 0.15) is 6.92 Å². The molecule has 0 aliphatic rings. The number of hydrogen-bond acceptors (Lipinski definition) is 2. The van der Waals surface area contributed by atoms with Gasteiger partial charge in [-0.3, -0.25) is 4.99 Å². The van der Waals surface area contributed by atoms with Crippen molar-refractivity contribution < 1.29 is 4.74 Å². The van der Waals surface area contributed by atoms with Crippen molar-refractivity contribution in [3.05, 3.63) is 12.5 Å². The second kappa shape index (κ2) is 5.21. The zero-order chi connectivity index (χ0) is 5.54. The van der Waals surface area contributed by atoms with Gasteiger partial charge in [0.25, 0.3) is 0 Å². The maximum atomic E-state index is 4.55. The Morgan fingerprint density at radius 3 is 2.71 bits per heavy atom.